The molecular weight excluding hydrogens is 208 g/mol. The van der Waals surface area contributed by atoms with E-state index in [2.05, 4.69) is 72.1 Å². The summed E-state index contributed by atoms with van der Waals surface area (Å²) < 4.78 is 0. The first-order valence-corrected chi connectivity index (χ1v) is 7.15. The number of piperazine rings is 1. The van der Waals surface area contributed by atoms with Crippen LogP contribution in [0.3, 0.4) is 0 Å². The van der Waals surface area contributed by atoms with Gasteiger partial charge in [0.1, 0.15) is 0 Å². The smallest absolute Gasteiger partial charge is 0.0229 e. The first kappa shape index (κ1) is 15.0. The van der Waals surface area contributed by atoms with Gasteiger partial charge in [-0.3, -0.25) is 9.80 Å². The molecule has 0 aliphatic carbocycles. The molecule has 2 nitrogen and oxygen atoms in total. The second-order valence-electron chi connectivity index (χ2n) is 7.08. The molecular formula is C15H32N2. The van der Waals surface area contributed by atoms with Crippen molar-refractivity contribution in [3.05, 3.63) is 0 Å². The molecule has 102 valence electrons. The van der Waals surface area contributed by atoms with Crippen LogP contribution in [-0.2, 0) is 0 Å². The van der Waals surface area contributed by atoms with Crippen molar-refractivity contribution >= 4 is 0 Å². The van der Waals surface area contributed by atoms with Crippen LogP contribution in [-0.4, -0.2) is 45.5 Å². The average molecular weight is 240 g/mol. The molecule has 0 saturated carbocycles. The molecule has 0 N–H and O–H groups in total. The largest absolute Gasteiger partial charge is 0.293 e. The van der Waals surface area contributed by atoms with Crippen molar-refractivity contribution in [2.24, 2.45) is 0 Å². The summed E-state index contributed by atoms with van der Waals surface area (Å²) in [6.45, 7) is 21.2. The third-order valence-electron chi connectivity index (χ3n) is 4.59. The molecule has 1 rings (SSSR count). The maximum atomic E-state index is 2.70. The van der Waals surface area contributed by atoms with E-state index < -0.39 is 0 Å². The molecule has 0 amide bonds. The highest BCUT2D eigenvalue weighted by Gasteiger charge is 2.44. The van der Waals surface area contributed by atoms with E-state index in [0.717, 1.165) is 0 Å². The Morgan fingerprint density at radius 2 is 1.12 bits per heavy atom. The molecule has 1 fully saturated rings. The lowest BCUT2D eigenvalue weighted by Gasteiger charge is -2.58. The Balaban J connectivity index is 3.03. The SMILES string of the molecule is CC(C)N1C(C)C(C)N(C(C)(C)C)C(C)C1C. The van der Waals surface area contributed by atoms with Crippen LogP contribution in [0.25, 0.3) is 0 Å². The first-order chi connectivity index (χ1) is 7.59. The van der Waals surface area contributed by atoms with Crippen LogP contribution in [0, 0.1) is 0 Å². The van der Waals surface area contributed by atoms with E-state index in [4.69, 9.17) is 0 Å². The van der Waals surface area contributed by atoms with E-state index in [1.165, 1.54) is 0 Å². The lowest BCUT2D eigenvalue weighted by atomic mass is 9.88. The zero-order chi connectivity index (χ0) is 13.5. The first-order valence-electron chi connectivity index (χ1n) is 7.15. The molecule has 1 aliphatic heterocycles. The van der Waals surface area contributed by atoms with Crippen LogP contribution >= 0.6 is 0 Å². The van der Waals surface area contributed by atoms with Gasteiger partial charge in [-0.05, 0) is 62.3 Å². The fraction of sp³-hybridized carbons (Fsp3) is 1.00. The summed E-state index contributed by atoms with van der Waals surface area (Å²) in [5, 5.41) is 0. The van der Waals surface area contributed by atoms with Gasteiger partial charge in [0, 0.05) is 35.7 Å². The fourth-order valence-electron chi connectivity index (χ4n) is 3.87. The van der Waals surface area contributed by atoms with Crippen LogP contribution in [0.4, 0.5) is 0 Å². The maximum Gasteiger partial charge on any atom is 0.0229 e. The number of hydrogen-bond donors (Lipinski definition) is 0. The quantitative estimate of drug-likeness (QED) is 0.693. The van der Waals surface area contributed by atoms with Gasteiger partial charge in [-0.15, -0.1) is 0 Å². The van der Waals surface area contributed by atoms with Gasteiger partial charge >= 0.3 is 0 Å². The maximum absolute atomic E-state index is 2.70. The van der Waals surface area contributed by atoms with Gasteiger partial charge in [0.2, 0.25) is 0 Å². The van der Waals surface area contributed by atoms with Gasteiger partial charge in [-0.25, -0.2) is 0 Å². The molecule has 1 heterocycles. The zero-order valence-electron chi connectivity index (χ0n) is 13.3. The van der Waals surface area contributed by atoms with Gasteiger partial charge in [0.15, 0.2) is 0 Å². The fourth-order valence-corrected chi connectivity index (χ4v) is 3.87. The van der Waals surface area contributed by atoms with E-state index in [-0.39, 0.29) is 5.54 Å². The Kier molecular flexibility index (Phi) is 4.31. The molecule has 0 aromatic carbocycles. The molecule has 2 heteroatoms. The highest BCUT2D eigenvalue weighted by Crippen LogP contribution is 2.33. The topological polar surface area (TPSA) is 6.48 Å². The van der Waals surface area contributed by atoms with Crippen molar-refractivity contribution in [2.45, 2.75) is 98.1 Å². The molecule has 0 spiro atoms. The van der Waals surface area contributed by atoms with E-state index >= 15 is 0 Å². The molecule has 4 unspecified atom stereocenters. The molecule has 0 aromatic heterocycles. The van der Waals surface area contributed by atoms with Gasteiger partial charge in [0.25, 0.3) is 0 Å². The molecule has 1 saturated heterocycles. The minimum absolute atomic E-state index is 0.254. The molecule has 0 aromatic rings. The van der Waals surface area contributed by atoms with Gasteiger partial charge in [0.05, 0.1) is 0 Å². The summed E-state index contributed by atoms with van der Waals surface area (Å²) in [6.07, 6.45) is 0. The van der Waals surface area contributed by atoms with Crippen molar-refractivity contribution in [2.75, 3.05) is 0 Å². The van der Waals surface area contributed by atoms with Crippen molar-refractivity contribution < 1.29 is 0 Å². The summed E-state index contributed by atoms with van der Waals surface area (Å²) in [5.74, 6) is 0. The molecule has 0 bridgehead atoms. The highest BCUT2D eigenvalue weighted by atomic mass is 15.4. The number of rotatable bonds is 1. The van der Waals surface area contributed by atoms with Crippen LogP contribution < -0.4 is 0 Å². The third kappa shape index (κ3) is 2.68. The predicted molar refractivity (Wildman–Crippen MR) is 76.4 cm³/mol. The highest BCUT2D eigenvalue weighted by molar-refractivity contribution is 5.00. The summed E-state index contributed by atoms with van der Waals surface area (Å²) in [6, 6.07) is 3.11. The number of hydrogen-bond acceptors (Lipinski definition) is 2. The Morgan fingerprint density at radius 3 is 1.35 bits per heavy atom. The Labute approximate surface area is 108 Å². The second-order valence-corrected chi connectivity index (χ2v) is 7.08. The van der Waals surface area contributed by atoms with Crippen LogP contribution in [0.2, 0.25) is 0 Å². The molecule has 0 radical (unpaired) electrons. The van der Waals surface area contributed by atoms with Gasteiger partial charge in [-0.1, -0.05) is 0 Å². The minimum atomic E-state index is 0.254. The third-order valence-corrected chi connectivity index (χ3v) is 4.59. The Bertz CT molecular complexity index is 238. The Morgan fingerprint density at radius 1 is 0.765 bits per heavy atom. The standard InChI is InChI=1S/C15H32N2/c1-10(2)16-11(3)13(5)17(15(7,8)9)14(6)12(16)4/h10-14H,1-9H3. The van der Waals surface area contributed by atoms with E-state index in [0.29, 0.717) is 30.2 Å². The summed E-state index contributed by atoms with van der Waals surface area (Å²) >= 11 is 0. The predicted octanol–water partition coefficient (Wildman–Crippen LogP) is 3.36. The molecule has 1 aliphatic rings. The van der Waals surface area contributed by atoms with E-state index in [1.54, 1.807) is 0 Å². The summed E-state index contributed by atoms with van der Waals surface area (Å²) in [7, 11) is 0. The van der Waals surface area contributed by atoms with Crippen molar-refractivity contribution in [1.29, 1.82) is 0 Å². The molecule has 17 heavy (non-hydrogen) atoms. The van der Waals surface area contributed by atoms with Gasteiger partial charge in [-0.2, -0.15) is 0 Å². The zero-order valence-corrected chi connectivity index (χ0v) is 13.3. The lowest BCUT2D eigenvalue weighted by molar-refractivity contribution is -0.0936. The second kappa shape index (κ2) is 4.89. The van der Waals surface area contributed by atoms with Crippen molar-refractivity contribution in [1.82, 2.24) is 9.80 Å². The minimum Gasteiger partial charge on any atom is -0.293 e. The molecule has 4 atom stereocenters. The van der Waals surface area contributed by atoms with Crippen LogP contribution in [0.15, 0.2) is 0 Å². The normalized spacial score (nSPS) is 37.8. The average Bonchev–Trinajstić information content (AvgIpc) is 2.12. The van der Waals surface area contributed by atoms with Crippen LogP contribution in [0.5, 0.6) is 0 Å². The van der Waals surface area contributed by atoms with E-state index in [9.17, 15) is 0 Å². The van der Waals surface area contributed by atoms with Crippen molar-refractivity contribution in [3.8, 4) is 0 Å². The Hall–Kier alpha value is -0.0800. The van der Waals surface area contributed by atoms with Crippen LogP contribution in [0.1, 0.15) is 62.3 Å². The van der Waals surface area contributed by atoms with E-state index in [1.807, 2.05) is 0 Å². The number of nitrogens with zero attached hydrogens (tertiary/aromatic N) is 2. The summed E-state index contributed by atoms with van der Waals surface area (Å²) in [4.78, 5) is 5.37. The summed E-state index contributed by atoms with van der Waals surface area (Å²) in [5.41, 5.74) is 0.254. The van der Waals surface area contributed by atoms with Gasteiger partial charge < -0.3 is 0 Å². The monoisotopic (exact) mass is 240 g/mol. The lowest BCUT2D eigenvalue weighted by Crippen LogP contribution is -2.70. The van der Waals surface area contributed by atoms with Crippen molar-refractivity contribution in [3.63, 3.8) is 0 Å².